The molecule has 2 saturated carbocycles. The Morgan fingerprint density at radius 3 is 1.44 bits per heavy atom. The minimum absolute atomic E-state index is 0.0305. The second-order valence-electron chi connectivity index (χ2n) is 20.5. The Bertz CT molecular complexity index is 3690. The fourth-order valence-electron chi connectivity index (χ4n) is 8.56. The highest BCUT2D eigenvalue weighted by molar-refractivity contribution is 9.11. The van der Waals surface area contributed by atoms with Crippen molar-refractivity contribution in [1.82, 2.24) is 29.2 Å². The van der Waals surface area contributed by atoms with Crippen LogP contribution in [0.5, 0.6) is 11.5 Å². The summed E-state index contributed by atoms with van der Waals surface area (Å²) in [5, 5.41) is 34.9. The lowest BCUT2D eigenvalue weighted by molar-refractivity contribution is -0.385. The molecule has 2 aliphatic heterocycles. The zero-order chi connectivity index (χ0) is 58.4. The van der Waals surface area contributed by atoms with Crippen LogP contribution in [-0.4, -0.2) is 116 Å². The third-order valence-corrected chi connectivity index (χ3v) is 18.5. The molecule has 0 atom stereocenters. The molecule has 0 spiro atoms. The summed E-state index contributed by atoms with van der Waals surface area (Å²) in [6.07, 6.45) is 7.63. The number of nitrogens with one attached hydrogen (secondary N) is 1. The SMILES string of the molecule is CC1(COc2c(N3CCN(S(=O)(=O)Cc4ccc(Br)c([N+](=O)[O-])c4)CC3)cnn(-c3cccc(Cl)c3)c2=O)CC1.CC1(COc2c(N3CCNCC3)cnn(-c3cccc(Cl)c3)c2=O)CC1.O=[N+]([O-])c1cc(CS(=O)(=O)Cl)ccc1Br. The molecule has 1 N–H and O–H groups in total. The van der Waals surface area contributed by atoms with Crippen LogP contribution >= 0.6 is 65.7 Å². The summed E-state index contributed by atoms with van der Waals surface area (Å²) in [5.41, 5.74) is 2.22. The largest absolute Gasteiger partial charge is 0.486 e. The van der Waals surface area contributed by atoms with Gasteiger partial charge in [0.2, 0.25) is 30.6 Å². The Morgan fingerprint density at radius 2 is 1.05 bits per heavy atom. The average molecular weight is 1340 g/mol. The van der Waals surface area contributed by atoms with E-state index in [9.17, 15) is 46.7 Å². The summed E-state index contributed by atoms with van der Waals surface area (Å²) >= 11 is 18.3. The monoisotopic (exact) mass is 1340 g/mol. The first-order valence-corrected chi connectivity index (χ1v) is 31.7. The highest BCUT2D eigenvalue weighted by atomic mass is 79.9. The molecule has 2 aromatic heterocycles. The molecular weight excluding hydrogens is 1290 g/mol. The molecule has 4 fully saturated rings. The number of ether oxygens (including phenoxy) is 2. The Kier molecular flexibility index (Phi) is 19.6. The van der Waals surface area contributed by atoms with Crippen LogP contribution in [0.15, 0.2) is 116 Å². The molecule has 432 valence electrons. The lowest BCUT2D eigenvalue weighted by Crippen LogP contribution is -2.49. The molecule has 0 bridgehead atoms. The molecule has 0 radical (unpaired) electrons. The van der Waals surface area contributed by atoms with Crippen molar-refractivity contribution in [1.29, 1.82) is 0 Å². The molecule has 0 unspecified atom stereocenters. The number of hydrogen-bond acceptors (Lipinski definition) is 17. The lowest BCUT2D eigenvalue weighted by Gasteiger charge is -2.35. The van der Waals surface area contributed by atoms with Gasteiger partial charge in [0.1, 0.15) is 11.4 Å². The standard InChI is InChI=1S/C26H27BrClN5O6S.C19H23ClN4O2.C7H5BrClNO4S/c1-26(7-8-26)17-39-24-23(15-29-32(25(24)34)20-4-2-3-19(28)14-20)30-9-11-31(12-10-30)40(37,38)16-18-5-6-21(27)22(13-18)33(35)36;1-19(5-6-19)13-26-17-16(23-9-7-21-8-10-23)12-22-24(18(17)25)15-4-2-3-14(20)11-15;8-6-2-1-5(4-15(9,13)14)3-7(6)10(11)12/h2-6,13-15H,7-12,16-17H2,1H3;2-4,11-12,21H,5-10,13H2,1H3;1-3H,4H2. The molecule has 22 nitrogen and oxygen atoms in total. The average Bonchev–Trinajstić information content (AvgIpc) is 4.38. The van der Waals surface area contributed by atoms with Crippen LogP contribution in [0.3, 0.4) is 0 Å². The van der Waals surface area contributed by atoms with Gasteiger partial charge in [-0.15, -0.1) is 0 Å². The molecule has 10 rings (SSSR count). The van der Waals surface area contributed by atoms with Gasteiger partial charge in [0.15, 0.2) is 0 Å². The lowest BCUT2D eigenvalue weighted by atomic mass is 10.2. The second-order valence-corrected chi connectivity index (χ2v) is 27.8. The summed E-state index contributed by atoms with van der Waals surface area (Å²) in [6, 6.07) is 22.3. The topological polar surface area (TPSA) is 265 Å². The van der Waals surface area contributed by atoms with E-state index in [-0.39, 0.29) is 62.4 Å². The maximum absolute atomic E-state index is 13.6. The van der Waals surface area contributed by atoms with Crippen molar-refractivity contribution in [3.05, 3.63) is 168 Å². The van der Waals surface area contributed by atoms with Gasteiger partial charge in [-0.25, -0.2) is 16.8 Å². The van der Waals surface area contributed by atoms with Crippen LogP contribution in [0.25, 0.3) is 11.4 Å². The van der Waals surface area contributed by atoms with Gasteiger partial charge in [0.25, 0.3) is 11.4 Å². The fraction of sp³-hybridized carbons (Fsp3) is 0.385. The molecule has 29 heteroatoms. The summed E-state index contributed by atoms with van der Waals surface area (Å²) in [5.74, 6) is -0.231. The van der Waals surface area contributed by atoms with Crippen molar-refractivity contribution in [2.75, 3.05) is 75.4 Å². The molecule has 4 heterocycles. The molecule has 2 saturated heterocycles. The molecule has 81 heavy (non-hydrogen) atoms. The first kappa shape index (κ1) is 61.4. The highest BCUT2D eigenvalue weighted by Gasteiger charge is 2.40. The number of rotatable bonds is 17. The van der Waals surface area contributed by atoms with Crippen molar-refractivity contribution in [2.24, 2.45) is 10.8 Å². The molecule has 2 aliphatic carbocycles. The van der Waals surface area contributed by atoms with Gasteiger partial charge < -0.3 is 24.6 Å². The van der Waals surface area contributed by atoms with E-state index in [1.807, 2.05) is 17.0 Å². The number of sulfonamides is 1. The number of piperazine rings is 2. The molecule has 4 aliphatic rings. The molecule has 0 amide bonds. The number of nitro benzene ring substituents is 2. The van der Waals surface area contributed by atoms with Crippen molar-refractivity contribution in [3.8, 4) is 22.9 Å². The van der Waals surface area contributed by atoms with Crippen LogP contribution < -0.4 is 35.7 Å². The van der Waals surface area contributed by atoms with E-state index < -0.39 is 40.2 Å². The molecule has 6 aromatic rings. The van der Waals surface area contributed by atoms with Crippen LogP contribution in [0.1, 0.15) is 50.7 Å². The third-order valence-electron chi connectivity index (χ3n) is 13.8. The minimum atomic E-state index is -3.74. The Labute approximate surface area is 497 Å². The number of benzene rings is 4. The number of aromatic nitrogens is 4. The van der Waals surface area contributed by atoms with Gasteiger partial charge in [-0.05, 0) is 117 Å². The predicted molar refractivity (Wildman–Crippen MR) is 317 cm³/mol. The Balaban J connectivity index is 0.000000179. The second kappa shape index (κ2) is 25.8. The number of hydrogen-bond donors (Lipinski definition) is 1. The van der Waals surface area contributed by atoms with Crippen molar-refractivity contribution < 1.29 is 36.2 Å². The van der Waals surface area contributed by atoms with Crippen molar-refractivity contribution in [2.45, 2.75) is 51.0 Å². The van der Waals surface area contributed by atoms with E-state index in [2.05, 4.69) is 66.1 Å². The number of anilines is 2. The smallest absolute Gasteiger partial charge is 0.316 e. The van der Waals surface area contributed by atoms with Crippen LogP contribution in [0.4, 0.5) is 22.7 Å². The van der Waals surface area contributed by atoms with Gasteiger partial charge in [-0.3, -0.25) is 29.8 Å². The predicted octanol–water partition coefficient (Wildman–Crippen LogP) is 9.29. The summed E-state index contributed by atoms with van der Waals surface area (Å²) in [7, 11) is -2.41. The van der Waals surface area contributed by atoms with E-state index >= 15 is 0 Å². The highest BCUT2D eigenvalue weighted by Crippen LogP contribution is 2.46. The van der Waals surface area contributed by atoms with Gasteiger partial charge in [0.05, 0.1) is 67.3 Å². The molecule has 4 aromatic carbocycles. The van der Waals surface area contributed by atoms with Crippen molar-refractivity contribution in [3.63, 3.8) is 0 Å². The van der Waals surface area contributed by atoms with E-state index in [0.717, 1.165) is 57.5 Å². The summed E-state index contributed by atoms with van der Waals surface area (Å²) in [6.45, 7) is 9.65. The summed E-state index contributed by atoms with van der Waals surface area (Å²) in [4.78, 5) is 51.4. The van der Waals surface area contributed by atoms with Gasteiger partial charge >= 0.3 is 11.1 Å². The normalized spacial score (nSPS) is 16.5. The van der Waals surface area contributed by atoms with E-state index in [0.29, 0.717) is 69.2 Å². The molecular formula is C52H55Br2Cl3N10O12S2. The van der Waals surface area contributed by atoms with Gasteiger partial charge in [0, 0.05) is 96.0 Å². The zero-order valence-corrected chi connectivity index (χ0v) is 50.8. The minimum Gasteiger partial charge on any atom is -0.486 e. The van der Waals surface area contributed by atoms with Crippen LogP contribution in [0, 0.1) is 31.1 Å². The van der Waals surface area contributed by atoms with Gasteiger partial charge in [-0.1, -0.05) is 61.3 Å². The maximum Gasteiger partial charge on any atom is 0.316 e. The van der Waals surface area contributed by atoms with E-state index in [1.54, 1.807) is 54.9 Å². The zero-order valence-electron chi connectivity index (χ0n) is 43.7. The summed E-state index contributed by atoms with van der Waals surface area (Å²) < 4.78 is 64.6. The van der Waals surface area contributed by atoms with E-state index in [1.165, 1.54) is 44.0 Å². The fourth-order valence-corrected chi connectivity index (χ4v) is 12.2. The van der Waals surface area contributed by atoms with Crippen LogP contribution in [-0.2, 0) is 30.6 Å². The van der Waals surface area contributed by atoms with Gasteiger partial charge in [-0.2, -0.15) is 23.9 Å². The Hall–Kier alpha value is -5.71. The van der Waals surface area contributed by atoms with Crippen molar-refractivity contribution >= 4 is 108 Å². The first-order valence-electron chi connectivity index (χ1n) is 25.3. The number of nitrogens with zero attached hydrogens (tertiary/aromatic N) is 9. The number of nitro groups is 2. The quantitative estimate of drug-likeness (QED) is 0.0506. The maximum atomic E-state index is 13.6. The number of halogens is 5. The van der Waals surface area contributed by atoms with Crippen LogP contribution in [0.2, 0.25) is 10.0 Å². The Morgan fingerprint density at radius 1 is 0.630 bits per heavy atom. The third kappa shape index (κ3) is 16.3. The first-order chi connectivity index (χ1) is 38.3. The van der Waals surface area contributed by atoms with E-state index in [4.69, 9.17) is 43.4 Å².